The van der Waals surface area contributed by atoms with Crippen LogP contribution in [0, 0.1) is 18.7 Å². The number of esters is 1. The average Bonchev–Trinajstić information content (AvgIpc) is 3.33. The Morgan fingerprint density at radius 1 is 1.05 bits per heavy atom. The predicted octanol–water partition coefficient (Wildman–Crippen LogP) is 6.64. The smallest absolute Gasteiger partial charge is 0.416 e. The van der Waals surface area contributed by atoms with Crippen molar-refractivity contribution in [3.8, 4) is 0 Å². The molecule has 0 saturated carbocycles. The summed E-state index contributed by atoms with van der Waals surface area (Å²) in [4.78, 5) is 28.7. The van der Waals surface area contributed by atoms with E-state index in [-0.39, 0.29) is 24.1 Å². The minimum Gasteiger partial charge on any atom is -0.469 e. The van der Waals surface area contributed by atoms with E-state index >= 15 is 0 Å². The zero-order chi connectivity index (χ0) is 31.2. The number of likely N-dealkylation sites (tertiary alicyclic amines) is 1. The Kier molecular flexibility index (Phi) is 8.56. The lowest BCUT2D eigenvalue weighted by molar-refractivity contribution is -0.145. The van der Waals surface area contributed by atoms with Crippen LogP contribution < -0.4 is 5.32 Å². The summed E-state index contributed by atoms with van der Waals surface area (Å²) in [6, 6.07) is 3.06. The van der Waals surface area contributed by atoms with Gasteiger partial charge in [-0.15, -0.1) is 0 Å². The van der Waals surface area contributed by atoms with Crippen LogP contribution in [-0.4, -0.2) is 54.6 Å². The fourth-order valence-corrected chi connectivity index (χ4v) is 6.04. The van der Waals surface area contributed by atoms with Crippen LogP contribution in [0.3, 0.4) is 0 Å². The van der Waals surface area contributed by atoms with Crippen molar-refractivity contribution in [1.82, 2.24) is 15.1 Å². The summed E-state index contributed by atoms with van der Waals surface area (Å²) in [7, 11) is 2.62. The molecule has 2 heterocycles. The van der Waals surface area contributed by atoms with E-state index < -0.39 is 58.9 Å². The third-order valence-electron chi connectivity index (χ3n) is 8.50. The second-order valence-corrected chi connectivity index (χ2v) is 11.2. The molecule has 0 unspecified atom stereocenters. The molecule has 0 radical (unpaired) electrons. The van der Waals surface area contributed by atoms with Gasteiger partial charge in [0.2, 0.25) is 0 Å². The van der Waals surface area contributed by atoms with Crippen LogP contribution in [0.4, 0.5) is 35.5 Å². The van der Waals surface area contributed by atoms with Crippen LogP contribution in [0.25, 0.3) is 0 Å². The Morgan fingerprint density at radius 3 is 2.21 bits per heavy atom. The third-order valence-corrected chi connectivity index (χ3v) is 8.50. The number of benzene rings is 2. The lowest BCUT2D eigenvalue weighted by atomic mass is 9.77. The topological polar surface area (TPSA) is 61.9 Å². The van der Waals surface area contributed by atoms with E-state index in [1.165, 1.54) is 38.1 Å². The number of piperidine rings is 1. The van der Waals surface area contributed by atoms with Crippen molar-refractivity contribution in [1.29, 1.82) is 0 Å². The molecule has 0 aromatic heterocycles. The monoisotopic (exact) mass is 603 g/mol. The molecule has 2 fully saturated rings. The summed E-state index contributed by atoms with van der Waals surface area (Å²) in [5.74, 6) is -1.22. The molecule has 1 N–H and O–H groups in total. The number of rotatable bonds is 4. The van der Waals surface area contributed by atoms with E-state index in [2.05, 4.69) is 5.32 Å². The largest absolute Gasteiger partial charge is 0.469 e. The summed E-state index contributed by atoms with van der Waals surface area (Å²) in [6.45, 7) is 3.60. The van der Waals surface area contributed by atoms with E-state index in [0.717, 1.165) is 4.90 Å². The molecule has 42 heavy (non-hydrogen) atoms. The maximum absolute atomic E-state index is 14.0. The molecule has 0 bridgehead atoms. The van der Waals surface area contributed by atoms with Crippen molar-refractivity contribution in [3.05, 3.63) is 70.0 Å². The quantitative estimate of drug-likeness (QED) is 0.315. The van der Waals surface area contributed by atoms with Gasteiger partial charge in [-0.2, -0.15) is 26.3 Å². The van der Waals surface area contributed by atoms with Crippen molar-refractivity contribution in [2.45, 2.75) is 63.1 Å². The maximum atomic E-state index is 14.0. The Labute approximate surface area is 238 Å². The van der Waals surface area contributed by atoms with Crippen molar-refractivity contribution in [2.75, 3.05) is 27.2 Å². The number of urea groups is 1. The van der Waals surface area contributed by atoms with E-state index in [9.17, 15) is 40.3 Å². The number of alkyl halides is 6. The van der Waals surface area contributed by atoms with Crippen molar-refractivity contribution < 1.29 is 45.1 Å². The summed E-state index contributed by atoms with van der Waals surface area (Å²) in [5, 5.41) is 3.41. The van der Waals surface area contributed by atoms with Crippen LogP contribution in [0.5, 0.6) is 0 Å². The fraction of sp³-hybridized carbons (Fsp3) is 0.517. The molecular weight excluding hydrogens is 571 g/mol. The van der Waals surface area contributed by atoms with Crippen LogP contribution in [0.1, 0.15) is 66.1 Å². The van der Waals surface area contributed by atoms with Gasteiger partial charge in [0.25, 0.3) is 0 Å². The predicted molar refractivity (Wildman–Crippen MR) is 139 cm³/mol. The van der Waals surface area contributed by atoms with Gasteiger partial charge in [0.15, 0.2) is 0 Å². The number of hydrogen-bond donors (Lipinski definition) is 1. The number of amides is 2. The van der Waals surface area contributed by atoms with Crippen LogP contribution in [0.15, 0.2) is 36.4 Å². The highest BCUT2D eigenvalue weighted by molar-refractivity contribution is 5.76. The van der Waals surface area contributed by atoms with Gasteiger partial charge in [0.05, 0.1) is 36.2 Å². The SMILES string of the molecule is COC(=O)[C@H]1CN[C@]2(CCN(C(=O)N(C)[C@H](C)c3cc(C(F)(F)F)cc(C(F)(F)F)c3)[C@@H](c3ccc(F)cc3C)C2)C1. The molecule has 2 aromatic rings. The molecule has 2 amide bonds. The number of aryl methyl sites for hydroxylation is 1. The molecule has 13 heteroatoms. The Balaban J connectivity index is 1.67. The van der Waals surface area contributed by atoms with E-state index in [4.69, 9.17) is 4.74 Å². The minimum atomic E-state index is -5.03. The zero-order valence-corrected chi connectivity index (χ0v) is 23.5. The standard InChI is InChI=1S/C29H32F7N3O3/c1-16-9-22(30)5-6-23(16)24-14-27(13-19(15-37-27)25(40)42-4)7-8-39(24)26(41)38(3)17(2)18-10-20(28(31,32)33)12-21(11-18)29(34,35)36/h5-6,9-12,17,19,24,37H,7-8,13-15H2,1-4H3/t17-,19-,24-,27-/m1/s1. The highest BCUT2D eigenvalue weighted by atomic mass is 19.4. The Morgan fingerprint density at radius 2 is 1.67 bits per heavy atom. The first kappa shape index (κ1) is 31.6. The molecular formula is C29H32F7N3O3. The minimum absolute atomic E-state index is 0.0473. The molecule has 6 nitrogen and oxygen atoms in total. The average molecular weight is 604 g/mol. The molecule has 4 atom stereocenters. The van der Waals surface area contributed by atoms with Gasteiger partial charge < -0.3 is 19.9 Å². The Bertz CT molecular complexity index is 1310. The van der Waals surface area contributed by atoms with Crippen LogP contribution in [0.2, 0.25) is 0 Å². The molecule has 2 aliphatic heterocycles. The molecule has 0 aliphatic carbocycles. The second-order valence-electron chi connectivity index (χ2n) is 11.2. The van der Waals surface area contributed by atoms with Gasteiger partial charge >= 0.3 is 24.4 Å². The van der Waals surface area contributed by atoms with Gasteiger partial charge in [0, 0.05) is 25.7 Å². The zero-order valence-electron chi connectivity index (χ0n) is 23.5. The number of carbonyl (C=O) groups excluding carboxylic acids is 2. The number of methoxy groups -OCH3 is 1. The van der Waals surface area contributed by atoms with Gasteiger partial charge in [-0.3, -0.25) is 4.79 Å². The fourth-order valence-electron chi connectivity index (χ4n) is 6.04. The highest BCUT2D eigenvalue weighted by Gasteiger charge is 2.49. The first-order chi connectivity index (χ1) is 19.5. The maximum Gasteiger partial charge on any atom is 0.416 e. The molecule has 2 saturated heterocycles. The summed E-state index contributed by atoms with van der Waals surface area (Å²) in [5.41, 5.74) is -2.57. The van der Waals surface area contributed by atoms with Crippen LogP contribution in [-0.2, 0) is 21.9 Å². The number of ether oxygens (including phenoxy) is 1. The highest BCUT2D eigenvalue weighted by Crippen LogP contribution is 2.44. The number of carbonyl (C=O) groups is 2. The number of nitrogens with one attached hydrogen (secondary N) is 1. The van der Waals surface area contributed by atoms with Gasteiger partial charge in [-0.05, 0) is 80.1 Å². The van der Waals surface area contributed by atoms with Gasteiger partial charge in [-0.25, -0.2) is 9.18 Å². The molecule has 1 spiro atoms. The van der Waals surface area contributed by atoms with Crippen LogP contribution >= 0.6 is 0 Å². The van der Waals surface area contributed by atoms with Gasteiger partial charge in [-0.1, -0.05) is 6.07 Å². The third kappa shape index (κ3) is 6.35. The second kappa shape index (κ2) is 11.4. The molecule has 230 valence electrons. The van der Waals surface area contributed by atoms with E-state index in [0.29, 0.717) is 49.1 Å². The lowest BCUT2D eigenvalue weighted by Gasteiger charge is -2.47. The normalized spacial score (nSPS) is 23.6. The summed E-state index contributed by atoms with van der Waals surface area (Å²) < 4.78 is 99.8. The molecule has 4 rings (SSSR count). The van der Waals surface area contributed by atoms with E-state index in [1.54, 1.807) is 13.0 Å². The summed E-state index contributed by atoms with van der Waals surface area (Å²) >= 11 is 0. The van der Waals surface area contributed by atoms with Crippen molar-refractivity contribution in [3.63, 3.8) is 0 Å². The lowest BCUT2D eigenvalue weighted by Crippen LogP contribution is -2.55. The number of nitrogens with zero attached hydrogens (tertiary/aromatic N) is 2. The van der Waals surface area contributed by atoms with Crippen molar-refractivity contribution in [2.24, 2.45) is 5.92 Å². The molecule has 2 aromatic carbocycles. The van der Waals surface area contributed by atoms with Gasteiger partial charge in [0.1, 0.15) is 5.82 Å². The van der Waals surface area contributed by atoms with Crippen molar-refractivity contribution >= 4 is 12.0 Å². The first-order valence-corrected chi connectivity index (χ1v) is 13.4. The first-order valence-electron chi connectivity index (χ1n) is 13.4. The Hall–Kier alpha value is -3.35. The number of hydrogen-bond acceptors (Lipinski definition) is 4. The number of halogens is 7. The van der Waals surface area contributed by atoms with E-state index in [1.807, 2.05) is 0 Å². The summed E-state index contributed by atoms with van der Waals surface area (Å²) in [6.07, 6.45) is -8.81. The molecule has 2 aliphatic rings.